The third kappa shape index (κ3) is 2.43. The topological polar surface area (TPSA) is 76.5 Å². The van der Waals surface area contributed by atoms with Gasteiger partial charge in [-0.05, 0) is 31.4 Å². The van der Waals surface area contributed by atoms with Crippen LogP contribution in [0, 0.1) is 6.92 Å². The maximum atomic E-state index is 12.4. The minimum absolute atomic E-state index is 0.101. The van der Waals surface area contributed by atoms with E-state index >= 15 is 0 Å². The standard InChI is InChI=1S/C16H20ClNO3/c1-4-16(5-2,8-18)14-9(3)10-6-11(17)12(19)7-13(10)21-15(14)20/h6-7,19H,4-5,8,18H2,1-3H3. The van der Waals surface area contributed by atoms with E-state index in [0.29, 0.717) is 17.7 Å². The molecule has 0 spiro atoms. The normalized spacial score (nSPS) is 12.0. The summed E-state index contributed by atoms with van der Waals surface area (Å²) in [7, 11) is 0. The molecule has 0 fully saturated rings. The van der Waals surface area contributed by atoms with Crippen LogP contribution in [-0.4, -0.2) is 11.7 Å². The lowest BCUT2D eigenvalue weighted by atomic mass is 9.74. The molecule has 3 N–H and O–H groups in total. The number of rotatable bonds is 4. The van der Waals surface area contributed by atoms with Crippen LogP contribution in [-0.2, 0) is 5.41 Å². The molecule has 0 aliphatic rings. The molecule has 1 aromatic carbocycles. The van der Waals surface area contributed by atoms with Crippen molar-refractivity contribution in [3.63, 3.8) is 0 Å². The molecule has 0 bridgehead atoms. The van der Waals surface area contributed by atoms with Gasteiger partial charge in [-0.1, -0.05) is 25.4 Å². The van der Waals surface area contributed by atoms with Crippen LogP contribution in [0.1, 0.15) is 37.8 Å². The molecule has 0 saturated heterocycles. The van der Waals surface area contributed by atoms with Crippen molar-refractivity contribution < 1.29 is 9.52 Å². The highest BCUT2D eigenvalue weighted by molar-refractivity contribution is 6.32. The Hall–Kier alpha value is -1.52. The van der Waals surface area contributed by atoms with Gasteiger partial charge in [-0.15, -0.1) is 0 Å². The van der Waals surface area contributed by atoms with Crippen LogP contribution < -0.4 is 11.4 Å². The third-order valence-electron chi connectivity index (χ3n) is 4.51. The Labute approximate surface area is 128 Å². The van der Waals surface area contributed by atoms with Gasteiger partial charge in [0, 0.05) is 29.0 Å². The number of phenolic OH excluding ortho intramolecular Hbond substituents is 1. The van der Waals surface area contributed by atoms with Crippen LogP contribution in [0.25, 0.3) is 11.0 Å². The molecular formula is C16H20ClNO3. The first-order valence-electron chi connectivity index (χ1n) is 7.06. The third-order valence-corrected chi connectivity index (χ3v) is 4.81. The van der Waals surface area contributed by atoms with Crippen molar-refractivity contribution in [3.05, 3.63) is 38.7 Å². The molecular weight excluding hydrogens is 290 g/mol. The van der Waals surface area contributed by atoms with Crippen LogP contribution in [0.5, 0.6) is 5.75 Å². The van der Waals surface area contributed by atoms with Gasteiger partial charge in [-0.2, -0.15) is 0 Å². The fraction of sp³-hybridized carbons (Fsp3) is 0.438. The molecule has 5 heteroatoms. The Balaban J connectivity index is 2.88. The van der Waals surface area contributed by atoms with Crippen LogP contribution >= 0.6 is 11.6 Å². The highest BCUT2D eigenvalue weighted by Crippen LogP contribution is 2.36. The quantitative estimate of drug-likeness (QED) is 0.848. The first-order valence-corrected chi connectivity index (χ1v) is 7.44. The largest absolute Gasteiger partial charge is 0.506 e. The van der Waals surface area contributed by atoms with E-state index in [9.17, 15) is 9.90 Å². The van der Waals surface area contributed by atoms with Gasteiger partial charge >= 0.3 is 5.63 Å². The molecule has 0 amide bonds. The number of halogens is 1. The van der Waals surface area contributed by atoms with Gasteiger partial charge in [0.05, 0.1) is 5.02 Å². The smallest absolute Gasteiger partial charge is 0.340 e. The summed E-state index contributed by atoms with van der Waals surface area (Å²) in [4.78, 5) is 12.4. The van der Waals surface area contributed by atoms with E-state index in [1.54, 1.807) is 6.07 Å². The molecule has 1 heterocycles. The van der Waals surface area contributed by atoms with Crippen molar-refractivity contribution in [2.24, 2.45) is 5.73 Å². The van der Waals surface area contributed by atoms with Gasteiger partial charge < -0.3 is 15.3 Å². The molecule has 2 aromatic rings. The van der Waals surface area contributed by atoms with Gasteiger partial charge in [-0.25, -0.2) is 4.79 Å². The van der Waals surface area contributed by atoms with E-state index in [2.05, 4.69) is 0 Å². The number of phenols is 1. The second kappa shape index (κ2) is 5.70. The minimum atomic E-state index is -0.400. The average molecular weight is 310 g/mol. The molecule has 2 rings (SSSR count). The molecule has 4 nitrogen and oxygen atoms in total. The summed E-state index contributed by atoms with van der Waals surface area (Å²) in [6.07, 6.45) is 1.51. The van der Waals surface area contributed by atoms with Crippen LogP contribution in [0.2, 0.25) is 5.02 Å². The zero-order chi connectivity index (χ0) is 15.8. The van der Waals surface area contributed by atoms with E-state index in [1.807, 2.05) is 20.8 Å². The number of hydrogen-bond acceptors (Lipinski definition) is 4. The highest BCUT2D eigenvalue weighted by atomic mass is 35.5. The molecule has 0 radical (unpaired) electrons. The summed E-state index contributed by atoms with van der Waals surface area (Å²) in [5.41, 5.74) is 6.92. The Bertz CT molecular complexity index is 724. The van der Waals surface area contributed by atoms with Crippen molar-refractivity contribution in [2.75, 3.05) is 6.54 Å². The number of benzene rings is 1. The van der Waals surface area contributed by atoms with Crippen molar-refractivity contribution in [2.45, 2.75) is 39.0 Å². The summed E-state index contributed by atoms with van der Waals surface area (Å²) >= 11 is 5.97. The number of aryl methyl sites for hydroxylation is 1. The summed E-state index contributed by atoms with van der Waals surface area (Å²) in [6, 6.07) is 3.00. The highest BCUT2D eigenvalue weighted by Gasteiger charge is 2.33. The number of aromatic hydroxyl groups is 1. The first kappa shape index (κ1) is 15.9. The molecule has 0 aliphatic carbocycles. The van der Waals surface area contributed by atoms with Gasteiger partial charge in [0.25, 0.3) is 0 Å². The van der Waals surface area contributed by atoms with E-state index in [1.165, 1.54) is 6.07 Å². The predicted molar refractivity (Wildman–Crippen MR) is 85.2 cm³/mol. The van der Waals surface area contributed by atoms with Gasteiger partial charge in [-0.3, -0.25) is 0 Å². The Morgan fingerprint density at radius 2 is 1.95 bits per heavy atom. The zero-order valence-corrected chi connectivity index (χ0v) is 13.3. The lowest BCUT2D eigenvalue weighted by Crippen LogP contribution is -2.39. The average Bonchev–Trinajstić information content (AvgIpc) is 2.46. The van der Waals surface area contributed by atoms with Crippen molar-refractivity contribution in [1.29, 1.82) is 0 Å². The summed E-state index contributed by atoms with van der Waals surface area (Å²) in [5, 5.41) is 10.6. The molecule has 0 aliphatic heterocycles. The van der Waals surface area contributed by atoms with Crippen LogP contribution in [0.3, 0.4) is 0 Å². The Morgan fingerprint density at radius 3 is 2.48 bits per heavy atom. The van der Waals surface area contributed by atoms with Crippen LogP contribution in [0.4, 0.5) is 0 Å². The van der Waals surface area contributed by atoms with Crippen LogP contribution in [0.15, 0.2) is 21.3 Å². The monoisotopic (exact) mass is 309 g/mol. The van der Waals surface area contributed by atoms with E-state index < -0.39 is 11.0 Å². The lowest BCUT2D eigenvalue weighted by Gasteiger charge is -2.31. The Kier molecular flexibility index (Phi) is 4.30. The molecule has 1 aromatic heterocycles. The van der Waals surface area contributed by atoms with E-state index in [0.717, 1.165) is 23.8 Å². The number of fused-ring (bicyclic) bond motifs is 1. The first-order chi connectivity index (χ1) is 9.90. The van der Waals surface area contributed by atoms with Crippen molar-refractivity contribution >= 4 is 22.6 Å². The molecule has 21 heavy (non-hydrogen) atoms. The SMILES string of the molecule is CCC(CC)(CN)c1c(C)c2cc(Cl)c(O)cc2oc1=O. The van der Waals surface area contributed by atoms with Crippen molar-refractivity contribution in [1.82, 2.24) is 0 Å². The number of nitrogens with two attached hydrogens (primary N) is 1. The Morgan fingerprint density at radius 1 is 1.33 bits per heavy atom. The fourth-order valence-electron chi connectivity index (χ4n) is 2.97. The van der Waals surface area contributed by atoms with Crippen molar-refractivity contribution in [3.8, 4) is 5.75 Å². The second-order valence-electron chi connectivity index (χ2n) is 5.38. The van der Waals surface area contributed by atoms with Gasteiger partial charge in [0.15, 0.2) is 0 Å². The molecule has 0 unspecified atom stereocenters. The van der Waals surface area contributed by atoms with E-state index in [4.69, 9.17) is 21.8 Å². The summed E-state index contributed by atoms with van der Waals surface area (Å²) in [6.45, 7) is 6.28. The maximum absolute atomic E-state index is 12.4. The summed E-state index contributed by atoms with van der Waals surface area (Å²) < 4.78 is 5.39. The second-order valence-corrected chi connectivity index (χ2v) is 5.79. The minimum Gasteiger partial charge on any atom is -0.506 e. The molecule has 0 atom stereocenters. The van der Waals surface area contributed by atoms with Gasteiger partial charge in [0.2, 0.25) is 0 Å². The predicted octanol–water partition coefficient (Wildman–Crippen LogP) is 3.48. The number of hydrogen-bond donors (Lipinski definition) is 2. The molecule has 114 valence electrons. The van der Waals surface area contributed by atoms with Gasteiger partial charge in [0.1, 0.15) is 11.3 Å². The van der Waals surface area contributed by atoms with E-state index in [-0.39, 0.29) is 10.8 Å². The zero-order valence-electron chi connectivity index (χ0n) is 12.5. The lowest BCUT2D eigenvalue weighted by molar-refractivity contribution is 0.384. The summed E-state index contributed by atoms with van der Waals surface area (Å²) in [5.74, 6) is -0.101. The fourth-order valence-corrected chi connectivity index (χ4v) is 3.13. The molecule has 0 saturated carbocycles. The maximum Gasteiger partial charge on any atom is 0.340 e.